The van der Waals surface area contributed by atoms with E-state index in [0.717, 1.165) is 39.0 Å². The molecule has 0 amide bonds. The first kappa shape index (κ1) is 14.8. The van der Waals surface area contributed by atoms with Crippen molar-refractivity contribution in [1.82, 2.24) is 9.80 Å². The second kappa shape index (κ2) is 8.79. The van der Waals surface area contributed by atoms with E-state index in [2.05, 4.69) is 29.7 Å². The molecule has 0 bridgehead atoms. The van der Waals surface area contributed by atoms with Gasteiger partial charge in [0.05, 0.1) is 12.1 Å². The summed E-state index contributed by atoms with van der Waals surface area (Å²) in [4.78, 5) is 4.88. The molecule has 17 heavy (non-hydrogen) atoms. The van der Waals surface area contributed by atoms with Gasteiger partial charge in [0, 0.05) is 38.5 Å². The molecule has 0 spiro atoms. The zero-order chi connectivity index (χ0) is 12.5. The lowest BCUT2D eigenvalue weighted by molar-refractivity contribution is 0.115. The van der Waals surface area contributed by atoms with Gasteiger partial charge in [-0.05, 0) is 12.2 Å². The molecule has 0 aliphatic carbocycles. The molecule has 0 N–H and O–H groups in total. The first-order chi connectivity index (χ1) is 8.31. The minimum absolute atomic E-state index is 0.146. The summed E-state index contributed by atoms with van der Waals surface area (Å²) in [5.41, 5.74) is 0. The molecule has 1 atom stereocenters. The van der Waals surface area contributed by atoms with Crippen LogP contribution in [-0.4, -0.2) is 60.1 Å². The first-order valence-corrected chi connectivity index (χ1v) is 7.91. The van der Waals surface area contributed by atoms with Crippen LogP contribution in [-0.2, 0) is 0 Å². The fourth-order valence-electron chi connectivity index (χ4n) is 2.24. The summed E-state index contributed by atoms with van der Waals surface area (Å²) < 4.78 is 0. The molecular weight excluding hydrogens is 230 g/mol. The predicted octanol–water partition coefficient (Wildman–Crippen LogP) is 2.05. The molecule has 4 heteroatoms. The predicted molar refractivity (Wildman–Crippen MR) is 75.3 cm³/mol. The molecule has 98 valence electrons. The molecule has 0 aromatic rings. The van der Waals surface area contributed by atoms with E-state index >= 15 is 0 Å². The Morgan fingerprint density at radius 1 is 1.24 bits per heavy atom. The molecule has 0 saturated carbocycles. The molecular formula is C13H25N3S. The summed E-state index contributed by atoms with van der Waals surface area (Å²) in [7, 11) is 0. The third-order valence-corrected chi connectivity index (χ3v) is 4.19. The van der Waals surface area contributed by atoms with Crippen molar-refractivity contribution in [3.05, 3.63) is 0 Å². The average molecular weight is 255 g/mol. The second-order valence-corrected chi connectivity index (χ2v) is 5.90. The largest absolute Gasteiger partial charge is 0.300 e. The lowest BCUT2D eigenvalue weighted by Gasteiger charge is -2.36. The van der Waals surface area contributed by atoms with Crippen LogP contribution >= 0.6 is 11.8 Å². The van der Waals surface area contributed by atoms with Gasteiger partial charge in [-0.1, -0.05) is 20.3 Å². The van der Waals surface area contributed by atoms with Crippen molar-refractivity contribution in [3.63, 3.8) is 0 Å². The molecule has 1 heterocycles. The van der Waals surface area contributed by atoms with Gasteiger partial charge in [-0.15, -0.1) is 0 Å². The normalized spacial score (nSPS) is 20.1. The van der Waals surface area contributed by atoms with E-state index in [9.17, 15) is 0 Å². The van der Waals surface area contributed by atoms with E-state index in [1.165, 1.54) is 18.1 Å². The van der Waals surface area contributed by atoms with Crippen LogP contribution < -0.4 is 0 Å². The third kappa shape index (κ3) is 5.29. The highest BCUT2D eigenvalue weighted by molar-refractivity contribution is 7.99. The molecule has 1 rings (SSSR count). The Labute approximate surface area is 110 Å². The van der Waals surface area contributed by atoms with Crippen LogP contribution in [0.1, 0.15) is 26.7 Å². The highest BCUT2D eigenvalue weighted by Crippen LogP contribution is 2.11. The minimum Gasteiger partial charge on any atom is -0.300 e. The Bertz CT molecular complexity index is 231. The summed E-state index contributed by atoms with van der Waals surface area (Å²) in [5.74, 6) is 2.46. The van der Waals surface area contributed by atoms with Crippen LogP contribution in [0.5, 0.6) is 0 Å². The Hall–Kier alpha value is -0.240. The number of thioether (sulfide) groups is 1. The maximum atomic E-state index is 9.14. The van der Waals surface area contributed by atoms with Crippen molar-refractivity contribution >= 4 is 11.8 Å². The van der Waals surface area contributed by atoms with Gasteiger partial charge in [0.15, 0.2) is 0 Å². The molecule has 1 aliphatic heterocycles. The van der Waals surface area contributed by atoms with E-state index in [1.54, 1.807) is 0 Å². The Kier molecular flexibility index (Phi) is 7.67. The highest BCUT2D eigenvalue weighted by atomic mass is 32.2. The van der Waals surface area contributed by atoms with Gasteiger partial charge >= 0.3 is 0 Å². The highest BCUT2D eigenvalue weighted by Gasteiger charge is 2.22. The van der Waals surface area contributed by atoms with Crippen molar-refractivity contribution in [2.24, 2.45) is 0 Å². The standard InChI is InChI=1S/C13H25N3S/c1-3-5-13(12-14)16-8-6-15(7-9-16)10-11-17-4-2/h13H,3-11H2,1-2H3. The number of piperazine rings is 1. The molecule has 1 fully saturated rings. The maximum Gasteiger partial charge on any atom is 0.0978 e. The van der Waals surface area contributed by atoms with Crippen LogP contribution in [0.15, 0.2) is 0 Å². The molecule has 0 radical (unpaired) electrons. The van der Waals surface area contributed by atoms with Crippen molar-refractivity contribution in [2.45, 2.75) is 32.7 Å². The SMILES string of the molecule is CCCC(C#N)N1CCN(CCSCC)CC1. The van der Waals surface area contributed by atoms with Crippen LogP contribution in [0.25, 0.3) is 0 Å². The van der Waals surface area contributed by atoms with E-state index in [-0.39, 0.29) is 6.04 Å². The van der Waals surface area contributed by atoms with Crippen molar-refractivity contribution < 1.29 is 0 Å². The number of nitriles is 1. The van der Waals surface area contributed by atoms with Crippen molar-refractivity contribution in [3.8, 4) is 6.07 Å². The van der Waals surface area contributed by atoms with Crippen LogP contribution in [0.4, 0.5) is 0 Å². The molecule has 1 aliphatic rings. The Morgan fingerprint density at radius 3 is 2.47 bits per heavy atom. The number of rotatable bonds is 7. The van der Waals surface area contributed by atoms with Crippen LogP contribution in [0.3, 0.4) is 0 Å². The zero-order valence-corrected chi connectivity index (χ0v) is 12.0. The van der Waals surface area contributed by atoms with Gasteiger partial charge < -0.3 is 0 Å². The zero-order valence-electron chi connectivity index (χ0n) is 11.2. The van der Waals surface area contributed by atoms with Gasteiger partial charge in [-0.2, -0.15) is 17.0 Å². The Morgan fingerprint density at radius 2 is 1.94 bits per heavy atom. The van der Waals surface area contributed by atoms with Crippen molar-refractivity contribution in [1.29, 1.82) is 5.26 Å². The molecule has 1 unspecified atom stereocenters. The van der Waals surface area contributed by atoms with E-state index in [0.29, 0.717) is 0 Å². The summed E-state index contributed by atoms with van der Waals surface area (Å²) in [6, 6.07) is 2.59. The third-order valence-electron chi connectivity index (χ3n) is 3.31. The maximum absolute atomic E-state index is 9.14. The molecule has 1 saturated heterocycles. The molecule has 0 aromatic heterocycles. The topological polar surface area (TPSA) is 30.3 Å². The van der Waals surface area contributed by atoms with E-state index in [4.69, 9.17) is 5.26 Å². The van der Waals surface area contributed by atoms with Gasteiger partial charge in [0.2, 0.25) is 0 Å². The van der Waals surface area contributed by atoms with Crippen LogP contribution in [0, 0.1) is 11.3 Å². The summed E-state index contributed by atoms with van der Waals surface area (Å²) in [6.45, 7) is 9.97. The van der Waals surface area contributed by atoms with Crippen LogP contribution in [0.2, 0.25) is 0 Å². The average Bonchev–Trinajstić information content (AvgIpc) is 2.37. The van der Waals surface area contributed by atoms with E-state index in [1.807, 2.05) is 11.8 Å². The van der Waals surface area contributed by atoms with Gasteiger partial charge in [0.1, 0.15) is 0 Å². The van der Waals surface area contributed by atoms with Crippen molar-refractivity contribution in [2.75, 3.05) is 44.2 Å². The van der Waals surface area contributed by atoms with Gasteiger partial charge in [-0.3, -0.25) is 9.80 Å². The second-order valence-electron chi connectivity index (χ2n) is 4.51. The minimum atomic E-state index is 0.146. The first-order valence-electron chi connectivity index (χ1n) is 6.75. The lowest BCUT2D eigenvalue weighted by Crippen LogP contribution is -2.50. The summed E-state index contributed by atoms with van der Waals surface area (Å²) >= 11 is 2.01. The molecule has 0 aromatic carbocycles. The van der Waals surface area contributed by atoms with E-state index < -0.39 is 0 Å². The number of hydrogen-bond acceptors (Lipinski definition) is 4. The molecule has 3 nitrogen and oxygen atoms in total. The number of nitrogens with zero attached hydrogens (tertiary/aromatic N) is 3. The monoisotopic (exact) mass is 255 g/mol. The smallest absolute Gasteiger partial charge is 0.0978 e. The van der Waals surface area contributed by atoms with Gasteiger partial charge in [0.25, 0.3) is 0 Å². The fraction of sp³-hybridized carbons (Fsp3) is 0.923. The van der Waals surface area contributed by atoms with Gasteiger partial charge in [-0.25, -0.2) is 0 Å². The number of hydrogen-bond donors (Lipinski definition) is 0. The quantitative estimate of drug-likeness (QED) is 0.651. The fourth-order valence-corrected chi connectivity index (χ4v) is 2.91. The summed E-state index contributed by atoms with van der Waals surface area (Å²) in [6.07, 6.45) is 2.12. The lowest BCUT2D eigenvalue weighted by atomic mass is 10.1. The Balaban J connectivity index is 2.23. The summed E-state index contributed by atoms with van der Waals surface area (Å²) in [5, 5.41) is 9.14.